The first-order valence-corrected chi connectivity index (χ1v) is 10.7. The second-order valence-electron chi connectivity index (χ2n) is 6.72. The number of aromatic nitrogens is 1. The zero-order valence-electron chi connectivity index (χ0n) is 15.8. The van der Waals surface area contributed by atoms with Gasteiger partial charge in [0.2, 0.25) is 10.0 Å². The summed E-state index contributed by atoms with van der Waals surface area (Å²) >= 11 is 0. The van der Waals surface area contributed by atoms with Crippen molar-refractivity contribution in [2.75, 3.05) is 13.2 Å². The highest BCUT2D eigenvalue weighted by atomic mass is 32.2. The lowest BCUT2D eigenvalue weighted by Gasteiger charge is -2.36. The first-order chi connectivity index (χ1) is 13.9. The molecule has 29 heavy (non-hydrogen) atoms. The summed E-state index contributed by atoms with van der Waals surface area (Å²) in [6.45, 7) is 2.96. The van der Waals surface area contributed by atoms with Crippen molar-refractivity contribution in [3.63, 3.8) is 0 Å². The third kappa shape index (κ3) is 3.54. The van der Waals surface area contributed by atoms with Gasteiger partial charge in [0.25, 0.3) is 0 Å². The minimum absolute atomic E-state index is 0.137. The van der Waals surface area contributed by atoms with Gasteiger partial charge in [-0.1, -0.05) is 12.1 Å². The summed E-state index contributed by atoms with van der Waals surface area (Å²) in [6, 6.07) is 12.6. The van der Waals surface area contributed by atoms with Gasteiger partial charge in [0.05, 0.1) is 12.6 Å². The van der Waals surface area contributed by atoms with Crippen molar-refractivity contribution in [2.45, 2.75) is 24.4 Å². The molecule has 1 unspecified atom stereocenters. The molecule has 2 heterocycles. The van der Waals surface area contributed by atoms with E-state index in [2.05, 4.69) is 0 Å². The summed E-state index contributed by atoms with van der Waals surface area (Å²) in [7, 11) is -4.28. The average Bonchev–Trinajstić information content (AvgIpc) is 3.19. The fraction of sp³-hybridized carbons (Fsp3) is 0.238. The lowest BCUT2D eigenvalue weighted by atomic mass is 10.0. The van der Waals surface area contributed by atoms with E-state index in [1.165, 1.54) is 4.31 Å². The Hall–Kier alpha value is -2.71. The monoisotopic (exact) mass is 418 g/mol. The molecule has 152 valence electrons. The summed E-state index contributed by atoms with van der Waals surface area (Å²) < 4.78 is 63.4. The third-order valence-corrected chi connectivity index (χ3v) is 6.86. The molecule has 1 aromatic heterocycles. The van der Waals surface area contributed by atoms with E-state index in [0.29, 0.717) is 24.5 Å². The third-order valence-electron chi connectivity index (χ3n) is 4.98. The fourth-order valence-electron chi connectivity index (χ4n) is 3.67. The highest BCUT2D eigenvalue weighted by Crippen LogP contribution is 2.37. The summed E-state index contributed by atoms with van der Waals surface area (Å²) in [4.78, 5) is -0.659. The van der Waals surface area contributed by atoms with Crippen molar-refractivity contribution in [2.24, 2.45) is 0 Å². The van der Waals surface area contributed by atoms with Gasteiger partial charge in [0.1, 0.15) is 22.3 Å². The molecule has 1 aliphatic rings. The van der Waals surface area contributed by atoms with E-state index < -0.39 is 32.6 Å². The molecule has 0 spiro atoms. The molecule has 4 rings (SSSR count). The van der Waals surface area contributed by atoms with Crippen LogP contribution in [0.4, 0.5) is 8.78 Å². The standard InChI is InChI=1S/C21H20F2N2O3S/c1-2-28-17-8-5-15(6-9-17)21-19-4-3-11-24(19)12-13-25(21)29(26,27)20-14-16(22)7-10-18(20)23/h3-11,14,21H,2,12-13H2,1H3. The first kappa shape index (κ1) is 19.6. The van der Waals surface area contributed by atoms with Gasteiger partial charge in [-0.05, 0) is 55.0 Å². The van der Waals surface area contributed by atoms with E-state index >= 15 is 0 Å². The molecule has 5 nitrogen and oxygen atoms in total. The van der Waals surface area contributed by atoms with E-state index in [4.69, 9.17) is 4.74 Å². The number of ether oxygens (including phenoxy) is 1. The van der Waals surface area contributed by atoms with Crippen LogP contribution in [-0.4, -0.2) is 30.4 Å². The Morgan fingerprint density at radius 2 is 1.83 bits per heavy atom. The number of halogens is 2. The van der Waals surface area contributed by atoms with Crippen LogP contribution < -0.4 is 4.74 Å². The highest BCUT2D eigenvalue weighted by molar-refractivity contribution is 7.89. The lowest BCUT2D eigenvalue weighted by molar-refractivity contribution is 0.296. The SMILES string of the molecule is CCOc1ccc(C2c3cccn3CCN2S(=O)(=O)c2cc(F)ccc2F)cc1. The van der Waals surface area contributed by atoms with Crippen molar-refractivity contribution < 1.29 is 21.9 Å². The molecule has 1 atom stereocenters. The molecule has 2 aromatic carbocycles. The Labute approximate surface area is 168 Å². The summed E-state index contributed by atoms with van der Waals surface area (Å²) in [5.74, 6) is -1.10. The van der Waals surface area contributed by atoms with Crippen LogP contribution in [0.5, 0.6) is 5.75 Å². The van der Waals surface area contributed by atoms with Crippen molar-refractivity contribution >= 4 is 10.0 Å². The maximum atomic E-state index is 14.3. The number of hydrogen-bond donors (Lipinski definition) is 0. The predicted octanol–water partition coefficient (Wildman–Crippen LogP) is 3.96. The largest absolute Gasteiger partial charge is 0.494 e. The van der Waals surface area contributed by atoms with Gasteiger partial charge in [0.15, 0.2) is 0 Å². The van der Waals surface area contributed by atoms with Crippen LogP contribution in [0.2, 0.25) is 0 Å². The zero-order chi connectivity index (χ0) is 20.6. The van der Waals surface area contributed by atoms with Gasteiger partial charge < -0.3 is 9.30 Å². The molecule has 0 aliphatic carbocycles. The Morgan fingerprint density at radius 3 is 2.55 bits per heavy atom. The fourth-order valence-corrected chi connectivity index (χ4v) is 5.33. The van der Waals surface area contributed by atoms with Crippen molar-refractivity contribution in [1.29, 1.82) is 0 Å². The van der Waals surface area contributed by atoms with Crippen molar-refractivity contribution in [1.82, 2.24) is 8.87 Å². The Morgan fingerprint density at radius 1 is 1.07 bits per heavy atom. The molecule has 3 aromatic rings. The second-order valence-corrected chi connectivity index (χ2v) is 8.58. The van der Waals surface area contributed by atoms with Gasteiger partial charge in [-0.25, -0.2) is 17.2 Å². The van der Waals surface area contributed by atoms with Crippen LogP contribution in [0.15, 0.2) is 65.7 Å². The van der Waals surface area contributed by atoms with Gasteiger partial charge in [-0.15, -0.1) is 0 Å². The smallest absolute Gasteiger partial charge is 0.247 e. The number of benzene rings is 2. The molecule has 0 bridgehead atoms. The molecule has 0 saturated carbocycles. The summed E-state index contributed by atoms with van der Waals surface area (Å²) in [5.41, 5.74) is 1.48. The maximum absolute atomic E-state index is 14.3. The molecule has 0 radical (unpaired) electrons. The normalized spacial score (nSPS) is 17.1. The minimum atomic E-state index is -4.28. The van der Waals surface area contributed by atoms with E-state index in [0.717, 1.165) is 23.9 Å². The maximum Gasteiger partial charge on any atom is 0.247 e. The number of fused-ring (bicyclic) bond motifs is 1. The molecule has 0 amide bonds. The molecular weight excluding hydrogens is 398 g/mol. The lowest BCUT2D eigenvalue weighted by Crippen LogP contribution is -2.42. The first-order valence-electron chi connectivity index (χ1n) is 9.26. The highest BCUT2D eigenvalue weighted by Gasteiger charge is 2.39. The van der Waals surface area contributed by atoms with Gasteiger partial charge in [0, 0.05) is 25.0 Å². The number of rotatable bonds is 5. The summed E-state index contributed by atoms with van der Waals surface area (Å²) in [6.07, 6.45) is 1.88. The van der Waals surface area contributed by atoms with Crippen molar-refractivity contribution in [3.05, 3.63) is 83.7 Å². The van der Waals surface area contributed by atoms with Crippen LogP contribution in [0.1, 0.15) is 24.2 Å². The molecule has 8 heteroatoms. The minimum Gasteiger partial charge on any atom is -0.494 e. The molecule has 0 saturated heterocycles. The van der Waals surface area contributed by atoms with E-state index in [-0.39, 0.29) is 6.54 Å². The van der Waals surface area contributed by atoms with Gasteiger partial charge in [-0.2, -0.15) is 4.31 Å². The Bertz CT molecular complexity index is 1130. The number of hydrogen-bond acceptors (Lipinski definition) is 3. The van der Waals surface area contributed by atoms with Crippen molar-refractivity contribution in [3.8, 4) is 5.75 Å². The molecule has 0 N–H and O–H groups in total. The quantitative estimate of drug-likeness (QED) is 0.630. The van der Waals surface area contributed by atoms with Crippen LogP contribution in [-0.2, 0) is 16.6 Å². The van der Waals surface area contributed by atoms with E-state index in [9.17, 15) is 17.2 Å². The van der Waals surface area contributed by atoms with Crippen LogP contribution in [0, 0.1) is 11.6 Å². The molecule has 0 fully saturated rings. The summed E-state index contributed by atoms with van der Waals surface area (Å²) in [5, 5.41) is 0. The van der Waals surface area contributed by atoms with Gasteiger partial charge >= 0.3 is 0 Å². The predicted molar refractivity (Wildman–Crippen MR) is 104 cm³/mol. The number of nitrogens with zero attached hydrogens (tertiary/aromatic N) is 2. The van der Waals surface area contributed by atoms with Crippen LogP contribution in [0.3, 0.4) is 0 Å². The van der Waals surface area contributed by atoms with E-state index in [1.54, 1.807) is 24.3 Å². The zero-order valence-corrected chi connectivity index (χ0v) is 16.6. The molecule has 1 aliphatic heterocycles. The Kier molecular flexibility index (Phi) is 5.14. The molecular formula is C21H20F2N2O3S. The Balaban J connectivity index is 1.82. The topological polar surface area (TPSA) is 51.5 Å². The van der Waals surface area contributed by atoms with Crippen LogP contribution in [0.25, 0.3) is 0 Å². The van der Waals surface area contributed by atoms with E-state index in [1.807, 2.05) is 29.8 Å². The second kappa shape index (κ2) is 7.61. The average molecular weight is 418 g/mol. The van der Waals surface area contributed by atoms with Crippen LogP contribution >= 0.6 is 0 Å². The van der Waals surface area contributed by atoms with Gasteiger partial charge in [-0.3, -0.25) is 0 Å². The number of sulfonamides is 1.